The second-order valence-electron chi connectivity index (χ2n) is 7.88. The predicted octanol–water partition coefficient (Wildman–Crippen LogP) is 5.39. The summed E-state index contributed by atoms with van der Waals surface area (Å²) in [5.41, 5.74) is -1.87. The zero-order chi connectivity index (χ0) is 20.1. The molecule has 154 valence electrons. The molecule has 0 spiro atoms. The molecule has 0 rings (SSSR count). The monoisotopic (exact) mass is 370 g/mol. The maximum Gasteiger partial charge on any atom is 0.164 e. The Kier molecular flexibility index (Phi) is 13.0. The Labute approximate surface area is 161 Å². The lowest BCUT2D eigenvalue weighted by atomic mass is 9.93. The molecule has 0 fully saturated rings. The summed E-state index contributed by atoms with van der Waals surface area (Å²) in [6.45, 7) is 10.0. The number of rotatable bonds is 17. The summed E-state index contributed by atoms with van der Waals surface area (Å²) in [6, 6.07) is 0. The Morgan fingerprint density at radius 1 is 0.769 bits per heavy atom. The fourth-order valence-electron chi connectivity index (χ4n) is 2.86. The van der Waals surface area contributed by atoms with Crippen LogP contribution in [0.25, 0.3) is 0 Å². The van der Waals surface area contributed by atoms with Crippen LogP contribution in [-0.2, 0) is 14.3 Å². The van der Waals surface area contributed by atoms with Crippen LogP contribution in [0, 0.1) is 0 Å². The molecule has 0 bridgehead atoms. The second-order valence-corrected chi connectivity index (χ2v) is 7.88. The Morgan fingerprint density at radius 3 is 1.85 bits per heavy atom. The van der Waals surface area contributed by atoms with Crippen molar-refractivity contribution in [2.45, 2.75) is 123 Å². The van der Waals surface area contributed by atoms with E-state index in [1.807, 2.05) is 20.8 Å². The number of hydrogen-bond donors (Lipinski definition) is 1. The lowest BCUT2D eigenvalue weighted by Crippen LogP contribution is -2.38. The van der Waals surface area contributed by atoms with Crippen LogP contribution in [0.2, 0.25) is 0 Å². The van der Waals surface area contributed by atoms with Crippen molar-refractivity contribution in [1.82, 2.24) is 0 Å². The van der Waals surface area contributed by atoms with Gasteiger partial charge < -0.3 is 9.84 Å². The van der Waals surface area contributed by atoms with Gasteiger partial charge in [-0.3, -0.25) is 9.59 Å². The van der Waals surface area contributed by atoms with Gasteiger partial charge in [-0.25, -0.2) is 0 Å². The summed E-state index contributed by atoms with van der Waals surface area (Å²) in [6.07, 6.45) is 10.4. The van der Waals surface area contributed by atoms with E-state index >= 15 is 0 Å². The molecule has 0 saturated carbocycles. The van der Waals surface area contributed by atoms with Gasteiger partial charge in [-0.15, -0.1) is 0 Å². The fraction of sp³-hybridized carbons (Fsp3) is 0.909. The van der Waals surface area contributed by atoms with Gasteiger partial charge in [0.25, 0.3) is 0 Å². The highest BCUT2D eigenvalue weighted by molar-refractivity contribution is 5.87. The summed E-state index contributed by atoms with van der Waals surface area (Å²) in [5.74, 6) is 0.128. The van der Waals surface area contributed by atoms with Gasteiger partial charge in [0.15, 0.2) is 11.6 Å². The molecule has 1 N–H and O–H groups in total. The molecular formula is C22H42O4. The molecule has 0 aromatic rings. The molecule has 0 aliphatic heterocycles. The van der Waals surface area contributed by atoms with Crippen LogP contribution in [0.5, 0.6) is 0 Å². The highest BCUT2D eigenvalue weighted by Crippen LogP contribution is 2.21. The molecule has 0 heterocycles. The molecule has 0 aliphatic carbocycles. The SMILES string of the molecule is CCCCCCCC(=O)C(C)(CC)OCCCCCC(=O)C(C)(O)CC. The Bertz CT molecular complexity index is 403. The van der Waals surface area contributed by atoms with Gasteiger partial charge in [0.05, 0.1) is 0 Å². The number of ether oxygens (including phenoxy) is 1. The van der Waals surface area contributed by atoms with Crippen LogP contribution in [0.4, 0.5) is 0 Å². The summed E-state index contributed by atoms with van der Waals surface area (Å²) >= 11 is 0. The van der Waals surface area contributed by atoms with Gasteiger partial charge in [-0.2, -0.15) is 0 Å². The molecule has 0 saturated heterocycles. The number of ketones is 2. The molecule has 26 heavy (non-hydrogen) atoms. The zero-order valence-corrected chi connectivity index (χ0v) is 17.9. The minimum absolute atomic E-state index is 0.0856. The second kappa shape index (κ2) is 13.4. The molecule has 0 amide bonds. The molecule has 0 aliphatic rings. The molecular weight excluding hydrogens is 328 g/mol. The number of unbranched alkanes of at least 4 members (excludes halogenated alkanes) is 6. The molecule has 2 atom stereocenters. The van der Waals surface area contributed by atoms with E-state index in [0.29, 0.717) is 32.3 Å². The maximum absolute atomic E-state index is 12.5. The van der Waals surface area contributed by atoms with Crippen molar-refractivity contribution in [2.75, 3.05) is 6.61 Å². The van der Waals surface area contributed by atoms with E-state index in [-0.39, 0.29) is 11.6 Å². The van der Waals surface area contributed by atoms with Gasteiger partial charge in [0, 0.05) is 19.4 Å². The summed E-state index contributed by atoms with van der Waals surface area (Å²) in [4.78, 5) is 24.3. The topological polar surface area (TPSA) is 63.6 Å². The lowest BCUT2D eigenvalue weighted by Gasteiger charge is -2.27. The number of Topliss-reactive ketones (excluding diaryl/α,β-unsaturated/α-hetero) is 2. The van der Waals surface area contributed by atoms with E-state index in [1.165, 1.54) is 19.3 Å². The number of aliphatic hydroxyl groups is 1. The molecule has 0 radical (unpaired) electrons. The molecule has 0 aromatic heterocycles. The van der Waals surface area contributed by atoms with E-state index < -0.39 is 11.2 Å². The van der Waals surface area contributed by atoms with Gasteiger partial charge >= 0.3 is 0 Å². The van der Waals surface area contributed by atoms with Crippen LogP contribution in [0.15, 0.2) is 0 Å². The van der Waals surface area contributed by atoms with Crippen molar-refractivity contribution in [3.05, 3.63) is 0 Å². The first-order valence-electron chi connectivity index (χ1n) is 10.7. The third kappa shape index (κ3) is 9.82. The smallest absolute Gasteiger partial charge is 0.164 e. The third-order valence-electron chi connectivity index (χ3n) is 5.53. The van der Waals surface area contributed by atoms with E-state index in [1.54, 1.807) is 6.92 Å². The lowest BCUT2D eigenvalue weighted by molar-refractivity contribution is -0.143. The number of hydrogen-bond acceptors (Lipinski definition) is 4. The maximum atomic E-state index is 12.5. The number of carbonyl (C=O) groups is 2. The van der Waals surface area contributed by atoms with E-state index in [0.717, 1.165) is 32.1 Å². The van der Waals surface area contributed by atoms with Gasteiger partial charge in [0.1, 0.15) is 11.2 Å². The van der Waals surface area contributed by atoms with Crippen molar-refractivity contribution in [2.24, 2.45) is 0 Å². The van der Waals surface area contributed by atoms with Crippen molar-refractivity contribution >= 4 is 11.6 Å². The van der Waals surface area contributed by atoms with Gasteiger partial charge in [-0.05, 0) is 46.0 Å². The van der Waals surface area contributed by atoms with E-state index in [9.17, 15) is 14.7 Å². The summed E-state index contributed by atoms with van der Waals surface area (Å²) < 4.78 is 5.93. The largest absolute Gasteiger partial charge is 0.382 e. The standard InChI is InChI=1S/C22H42O4/c1-6-9-10-11-13-17-20(24)22(5,8-3)26-18-15-12-14-16-19(23)21(4,25)7-2/h25H,6-18H2,1-5H3. The molecule has 0 aromatic carbocycles. The average molecular weight is 371 g/mol. The highest BCUT2D eigenvalue weighted by Gasteiger charge is 2.31. The van der Waals surface area contributed by atoms with E-state index in [2.05, 4.69) is 6.92 Å². The van der Waals surface area contributed by atoms with Crippen LogP contribution < -0.4 is 0 Å². The number of carbonyl (C=O) groups excluding carboxylic acids is 2. The fourth-order valence-corrected chi connectivity index (χ4v) is 2.86. The Morgan fingerprint density at radius 2 is 1.31 bits per heavy atom. The van der Waals surface area contributed by atoms with E-state index in [4.69, 9.17) is 4.74 Å². The Hall–Kier alpha value is -0.740. The van der Waals surface area contributed by atoms with Crippen LogP contribution in [0.3, 0.4) is 0 Å². The van der Waals surface area contributed by atoms with Crippen molar-refractivity contribution < 1.29 is 19.4 Å². The van der Waals surface area contributed by atoms with Crippen LogP contribution in [-0.4, -0.2) is 34.5 Å². The van der Waals surface area contributed by atoms with Gasteiger partial charge in [-0.1, -0.05) is 52.9 Å². The van der Waals surface area contributed by atoms with Crippen molar-refractivity contribution in [3.8, 4) is 0 Å². The molecule has 2 unspecified atom stereocenters. The minimum atomic E-state index is -1.19. The zero-order valence-electron chi connectivity index (χ0n) is 17.9. The predicted molar refractivity (Wildman–Crippen MR) is 107 cm³/mol. The molecule has 4 nitrogen and oxygen atoms in total. The third-order valence-corrected chi connectivity index (χ3v) is 5.53. The van der Waals surface area contributed by atoms with Crippen LogP contribution in [0.1, 0.15) is 112 Å². The quantitative estimate of drug-likeness (QED) is 0.349. The molecule has 4 heteroatoms. The summed E-state index contributed by atoms with van der Waals surface area (Å²) in [5, 5.41) is 9.90. The van der Waals surface area contributed by atoms with Crippen molar-refractivity contribution in [1.29, 1.82) is 0 Å². The minimum Gasteiger partial charge on any atom is -0.382 e. The van der Waals surface area contributed by atoms with Crippen molar-refractivity contribution in [3.63, 3.8) is 0 Å². The normalized spacial score (nSPS) is 16.1. The first-order chi connectivity index (χ1) is 12.2. The van der Waals surface area contributed by atoms with Gasteiger partial charge in [0.2, 0.25) is 0 Å². The first-order valence-corrected chi connectivity index (χ1v) is 10.7. The highest BCUT2D eigenvalue weighted by atomic mass is 16.5. The Balaban J connectivity index is 4.01. The van der Waals surface area contributed by atoms with Crippen LogP contribution >= 0.6 is 0 Å². The average Bonchev–Trinajstić information content (AvgIpc) is 2.63. The first kappa shape index (κ1) is 25.3. The summed E-state index contributed by atoms with van der Waals surface area (Å²) in [7, 11) is 0.